The second-order valence-electron chi connectivity index (χ2n) is 7.27. The zero-order chi connectivity index (χ0) is 13.0. The highest BCUT2D eigenvalue weighted by Gasteiger charge is 2.59. The fourth-order valence-electron chi connectivity index (χ4n) is 4.56. The fraction of sp³-hybridized carbons (Fsp3) is 0.800. The zero-order valence-electron chi connectivity index (χ0n) is 12.0. The Kier molecular flexibility index (Phi) is 2.60. The van der Waals surface area contributed by atoms with Crippen LogP contribution < -0.4 is 5.32 Å². The van der Waals surface area contributed by atoms with Crippen LogP contribution in [0.3, 0.4) is 0 Å². The van der Waals surface area contributed by atoms with Crippen molar-refractivity contribution in [1.29, 1.82) is 0 Å². The molecule has 0 radical (unpaired) electrons. The van der Waals surface area contributed by atoms with Crippen molar-refractivity contribution in [2.24, 2.45) is 16.7 Å². The van der Waals surface area contributed by atoms with E-state index in [1.54, 1.807) is 0 Å². The number of hydrogen-bond acceptors (Lipinski definition) is 2. The van der Waals surface area contributed by atoms with Gasteiger partial charge in [0.25, 0.3) is 0 Å². The summed E-state index contributed by atoms with van der Waals surface area (Å²) in [5, 5.41) is 10.8. The summed E-state index contributed by atoms with van der Waals surface area (Å²) in [5.74, 6) is 0.900. The maximum Gasteiger partial charge on any atom is 0.0534 e. The molecular weight excluding hydrogens is 222 g/mol. The number of nitrogens with zero attached hydrogens (tertiary/aromatic N) is 1. The molecule has 3 heteroatoms. The van der Waals surface area contributed by atoms with Gasteiger partial charge in [-0.25, -0.2) is 0 Å². The third-order valence-corrected chi connectivity index (χ3v) is 5.71. The minimum atomic E-state index is 0.379. The number of fused-ring (bicyclic) bond motifs is 2. The molecule has 2 N–H and O–H groups in total. The molecule has 1 aromatic heterocycles. The maximum absolute atomic E-state index is 4.05. The van der Waals surface area contributed by atoms with Gasteiger partial charge in [-0.1, -0.05) is 20.8 Å². The molecule has 2 fully saturated rings. The van der Waals surface area contributed by atoms with Gasteiger partial charge in [-0.05, 0) is 42.9 Å². The van der Waals surface area contributed by atoms with Crippen LogP contribution in [0.15, 0.2) is 12.4 Å². The van der Waals surface area contributed by atoms with E-state index in [9.17, 15) is 0 Å². The molecule has 3 nitrogen and oxygen atoms in total. The van der Waals surface area contributed by atoms with Crippen molar-refractivity contribution < 1.29 is 0 Å². The van der Waals surface area contributed by atoms with Gasteiger partial charge in [0.05, 0.1) is 6.20 Å². The van der Waals surface area contributed by atoms with E-state index in [1.807, 2.05) is 12.4 Å². The van der Waals surface area contributed by atoms with Crippen LogP contribution in [0.2, 0.25) is 0 Å². The summed E-state index contributed by atoms with van der Waals surface area (Å²) in [6.45, 7) is 9.61. The highest BCUT2D eigenvalue weighted by atomic mass is 15.1. The molecule has 2 aliphatic carbocycles. The van der Waals surface area contributed by atoms with Crippen molar-refractivity contribution in [3.05, 3.63) is 18.0 Å². The standard InChI is InChI=1S/C15H25N3/c1-10(11-8-16-17-9-11)18-13-14(2,3)12-5-6-15(13,4)7-12/h8-10,12-13,18H,5-7H2,1-4H3,(H,16,17)/t10?,12-,13?,15+/m0/s1. The van der Waals surface area contributed by atoms with Crippen LogP contribution in [-0.2, 0) is 0 Å². The SMILES string of the molecule is CC(NC1C(C)(C)[C@H]2CC[C@]1(C)C2)c1cn[nH]c1. The van der Waals surface area contributed by atoms with Crippen molar-refractivity contribution in [3.8, 4) is 0 Å². The predicted octanol–water partition coefficient (Wildman–Crippen LogP) is 3.28. The van der Waals surface area contributed by atoms with Crippen LogP contribution in [0.4, 0.5) is 0 Å². The summed E-state index contributed by atoms with van der Waals surface area (Å²) < 4.78 is 0. The van der Waals surface area contributed by atoms with E-state index < -0.39 is 0 Å². The first-order valence-corrected chi connectivity index (χ1v) is 7.18. The van der Waals surface area contributed by atoms with Gasteiger partial charge >= 0.3 is 0 Å². The normalized spacial score (nSPS) is 39.1. The smallest absolute Gasteiger partial charge is 0.0534 e. The lowest BCUT2D eigenvalue weighted by Gasteiger charge is -2.44. The molecule has 2 saturated carbocycles. The van der Waals surface area contributed by atoms with E-state index in [0.29, 0.717) is 22.9 Å². The second-order valence-corrected chi connectivity index (χ2v) is 7.27. The molecule has 0 amide bonds. The molecule has 2 aliphatic rings. The summed E-state index contributed by atoms with van der Waals surface area (Å²) in [5.41, 5.74) is 2.18. The Bertz CT molecular complexity index is 418. The Morgan fingerprint density at radius 2 is 2.22 bits per heavy atom. The minimum Gasteiger partial charge on any atom is -0.306 e. The second kappa shape index (κ2) is 3.83. The first-order valence-electron chi connectivity index (χ1n) is 7.18. The third-order valence-electron chi connectivity index (χ3n) is 5.71. The quantitative estimate of drug-likeness (QED) is 0.860. The first-order chi connectivity index (χ1) is 8.43. The van der Waals surface area contributed by atoms with Crippen LogP contribution >= 0.6 is 0 Å². The zero-order valence-corrected chi connectivity index (χ0v) is 12.0. The first kappa shape index (κ1) is 12.2. The van der Waals surface area contributed by atoms with E-state index in [4.69, 9.17) is 0 Å². The van der Waals surface area contributed by atoms with Gasteiger partial charge in [0.2, 0.25) is 0 Å². The molecule has 1 heterocycles. The predicted molar refractivity (Wildman–Crippen MR) is 73.2 cm³/mol. The number of hydrogen-bond donors (Lipinski definition) is 2. The maximum atomic E-state index is 4.05. The van der Waals surface area contributed by atoms with Crippen LogP contribution in [0.1, 0.15) is 58.6 Å². The van der Waals surface area contributed by atoms with Gasteiger partial charge in [0.1, 0.15) is 0 Å². The molecule has 0 aromatic carbocycles. The number of aromatic nitrogens is 2. The van der Waals surface area contributed by atoms with Crippen molar-refractivity contribution >= 4 is 0 Å². The van der Waals surface area contributed by atoms with E-state index in [1.165, 1.54) is 24.8 Å². The van der Waals surface area contributed by atoms with E-state index in [-0.39, 0.29) is 0 Å². The molecule has 2 unspecified atom stereocenters. The Balaban J connectivity index is 1.80. The third kappa shape index (κ3) is 1.63. The largest absolute Gasteiger partial charge is 0.306 e. The molecule has 0 spiro atoms. The Morgan fingerprint density at radius 3 is 2.78 bits per heavy atom. The lowest BCUT2D eigenvalue weighted by molar-refractivity contribution is 0.100. The molecule has 0 saturated heterocycles. The number of aromatic amines is 1. The van der Waals surface area contributed by atoms with Gasteiger partial charge in [0.15, 0.2) is 0 Å². The summed E-state index contributed by atoms with van der Waals surface area (Å²) in [6, 6.07) is 0.998. The number of nitrogens with one attached hydrogen (secondary N) is 2. The van der Waals surface area contributed by atoms with Crippen LogP contribution in [-0.4, -0.2) is 16.2 Å². The number of H-pyrrole nitrogens is 1. The lowest BCUT2D eigenvalue weighted by atomic mass is 9.68. The highest BCUT2D eigenvalue weighted by molar-refractivity contribution is 5.15. The minimum absolute atomic E-state index is 0.379. The van der Waals surface area contributed by atoms with Gasteiger partial charge in [-0.3, -0.25) is 5.10 Å². The van der Waals surface area contributed by atoms with Gasteiger partial charge in [0, 0.05) is 23.8 Å². The van der Waals surface area contributed by atoms with Crippen molar-refractivity contribution in [2.75, 3.05) is 0 Å². The molecular formula is C15H25N3. The molecule has 3 rings (SSSR count). The Hall–Kier alpha value is -0.830. The molecule has 2 bridgehead atoms. The van der Waals surface area contributed by atoms with Crippen LogP contribution in [0, 0.1) is 16.7 Å². The molecule has 4 atom stereocenters. The molecule has 0 aliphatic heterocycles. The fourth-order valence-corrected chi connectivity index (χ4v) is 4.56. The average Bonchev–Trinajstić information content (AvgIpc) is 2.96. The monoisotopic (exact) mass is 247 g/mol. The molecule has 100 valence electrons. The van der Waals surface area contributed by atoms with Crippen LogP contribution in [0.5, 0.6) is 0 Å². The van der Waals surface area contributed by atoms with Gasteiger partial charge < -0.3 is 5.32 Å². The van der Waals surface area contributed by atoms with E-state index in [0.717, 1.165) is 5.92 Å². The van der Waals surface area contributed by atoms with Crippen molar-refractivity contribution in [2.45, 2.75) is 59.0 Å². The van der Waals surface area contributed by atoms with Crippen molar-refractivity contribution in [3.63, 3.8) is 0 Å². The molecule has 1 aromatic rings. The Labute approximate surface area is 110 Å². The average molecular weight is 247 g/mol. The van der Waals surface area contributed by atoms with Gasteiger partial charge in [-0.2, -0.15) is 5.10 Å². The summed E-state index contributed by atoms with van der Waals surface area (Å²) in [6.07, 6.45) is 8.13. The molecule has 18 heavy (non-hydrogen) atoms. The van der Waals surface area contributed by atoms with Crippen LogP contribution in [0.25, 0.3) is 0 Å². The van der Waals surface area contributed by atoms with E-state index >= 15 is 0 Å². The topological polar surface area (TPSA) is 40.7 Å². The van der Waals surface area contributed by atoms with Gasteiger partial charge in [-0.15, -0.1) is 0 Å². The van der Waals surface area contributed by atoms with Crippen molar-refractivity contribution in [1.82, 2.24) is 15.5 Å². The summed E-state index contributed by atoms with van der Waals surface area (Å²) in [4.78, 5) is 0. The van der Waals surface area contributed by atoms with E-state index in [2.05, 4.69) is 43.2 Å². The lowest BCUT2D eigenvalue weighted by Crippen LogP contribution is -2.50. The summed E-state index contributed by atoms with van der Waals surface area (Å²) >= 11 is 0. The Morgan fingerprint density at radius 1 is 1.44 bits per heavy atom. The highest BCUT2D eigenvalue weighted by Crippen LogP contribution is 2.62. The number of rotatable bonds is 3. The summed E-state index contributed by atoms with van der Waals surface area (Å²) in [7, 11) is 0.